The van der Waals surface area contributed by atoms with Crippen LogP contribution in [-0.2, 0) is 9.59 Å². The number of rotatable bonds is 3. The van der Waals surface area contributed by atoms with Crippen molar-refractivity contribution in [2.24, 2.45) is 0 Å². The minimum Gasteiger partial charge on any atom is -0.495 e. The van der Waals surface area contributed by atoms with Crippen LogP contribution in [0.3, 0.4) is 0 Å². The third-order valence-corrected chi connectivity index (χ3v) is 4.62. The highest BCUT2D eigenvalue weighted by Gasteiger charge is 2.34. The zero-order chi connectivity index (χ0) is 17.3. The van der Waals surface area contributed by atoms with Gasteiger partial charge in [0.05, 0.1) is 17.8 Å². The lowest BCUT2D eigenvalue weighted by Crippen LogP contribution is -2.42. The molecule has 0 spiro atoms. The van der Waals surface area contributed by atoms with Crippen LogP contribution in [0.1, 0.15) is 24.3 Å². The number of ether oxygens (including phenoxy) is 1. The molecular formula is C18H15Cl2NO3. The number of carbonyl (C=O) groups is 2. The average Bonchev–Trinajstić information content (AvgIpc) is 2.55. The molecule has 0 bridgehead atoms. The van der Waals surface area contributed by atoms with Crippen molar-refractivity contribution < 1.29 is 14.3 Å². The Kier molecular flexibility index (Phi) is 4.78. The summed E-state index contributed by atoms with van der Waals surface area (Å²) in [6.07, 6.45) is 0.522. The maximum absolute atomic E-state index is 12.5. The van der Waals surface area contributed by atoms with Crippen molar-refractivity contribution in [3.8, 4) is 5.75 Å². The van der Waals surface area contributed by atoms with Crippen LogP contribution in [0.25, 0.3) is 0 Å². The van der Waals surface area contributed by atoms with Gasteiger partial charge in [0.1, 0.15) is 5.75 Å². The van der Waals surface area contributed by atoms with E-state index in [-0.39, 0.29) is 30.6 Å². The number of hydrogen-bond acceptors (Lipinski definition) is 3. The molecule has 0 N–H and O–H groups in total. The van der Waals surface area contributed by atoms with Crippen molar-refractivity contribution in [3.05, 3.63) is 58.1 Å². The van der Waals surface area contributed by atoms with Crippen LogP contribution >= 0.6 is 23.2 Å². The molecule has 2 aromatic carbocycles. The summed E-state index contributed by atoms with van der Waals surface area (Å²) in [5.74, 6) is -0.122. The minimum absolute atomic E-state index is 0.132. The highest BCUT2D eigenvalue weighted by atomic mass is 35.5. The third kappa shape index (κ3) is 3.25. The lowest BCUT2D eigenvalue weighted by Gasteiger charge is -2.30. The Morgan fingerprint density at radius 2 is 1.62 bits per heavy atom. The summed E-state index contributed by atoms with van der Waals surface area (Å²) in [7, 11) is 1.51. The molecule has 2 amide bonds. The molecule has 1 fully saturated rings. The van der Waals surface area contributed by atoms with E-state index in [1.807, 2.05) is 12.1 Å². The Balaban J connectivity index is 1.83. The third-order valence-electron chi connectivity index (χ3n) is 4.08. The fourth-order valence-corrected chi connectivity index (χ4v) is 3.25. The molecule has 3 rings (SSSR count). The molecule has 6 heteroatoms. The van der Waals surface area contributed by atoms with E-state index < -0.39 is 0 Å². The van der Waals surface area contributed by atoms with Crippen LogP contribution in [-0.4, -0.2) is 18.9 Å². The molecule has 124 valence electrons. The molecule has 1 aliphatic heterocycles. The normalized spacial score (nSPS) is 15.7. The Labute approximate surface area is 149 Å². The van der Waals surface area contributed by atoms with Crippen molar-refractivity contribution in [1.82, 2.24) is 0 Å². The quantitative estimate of drug-likeness (QED) is 0.757. The molecule has 2 aromatic rings. The average molecular weight is 364 g/mol. The number of piperidine rings is 1. The van der Waals surface area contributed by atoms with Crippen molar-refractivity contribution in [2.45, 2.75) is 18.8 Å². The topological polar surface area (TPSA) is 46.6 Å². The first-order chi connectivity index (χ1) is 11.5. The van der Waals surface area contributed by atoms with Crippen molar-refractivity contribution in [3.63, 3.8) is 0 Å². The summed E-state index contributed by atoms with van der Waals surface area (Å²) >= 11 is 12.0. The van der Waals surface area contributed by atoms with Gasteiger partial charge in [-0.25, -0.2) is 0 Å². The van der Waals surface area contributed by atoms with Crippen LogP contribution in [0.5, 0.6) is 5.75 Å². The van der Waals surface area contributed by atoms with Crippen LogP contribution in [0, 0.1) is 0 Å². The second-order valence-corrected chi connectivity index (χ2v) is 6.44. The first kappa shape index (κ1) is 16.8. The smallest absolute Gasteiger partial charge is 0.234 e. The van der Waals surface area contributed by atoms with E-state index in [9.17, 15) is 9.59 Å². The van der Waals surface area contributed by atoms with E-state index in [0.29, 0.717) is 21.5 Å². The molecule has 0 unspecified atom stereocenters. The highest BCUT2D eigenvalue weighted by molar-refractivity contribution is 6.32. The molecule has 0 atom stereocenters. The van der Waals surface area contributed by atoms with Crippen molar-refractivity contribution >= 4 is 40.7 Å². The van der Waals surface area contributed by atoms with Gasteiger partial charge in [-0.2, -0.15) is 0 Å². The largest absolute Gasteiger partial charge is 0.495 e. The Morgan fingerprint density at radius 3 is 2.17 bits per heavy atom. The molecule has 4 nitrogen and oxygen atoms in total. The highest BCUT2D eigenvalue weighted by Crippen LogP contribution is 2.35. The van der Waals surface area contributed by atoms with E-state index in [4.69, 9.17) is 27.9 Å². The van der Waals surface area contributed by atoms with Crippen molar-refractivity contribution in [1.29, 1.82) is 0 Å². The molecule has 0 aliphatic carbocycles. The second-order valence-electron chi connectivity index (χ2n) is 5.60. The van der Waals surface area contributed by atoms with Crippen LogP contribution < -0.4 is 9.64 Å². The van der Waals surface area contributed by atoms with Gasteiger partial charge in [0.25, 0.3) is 0 Å². The Hall–Kier alpha value is -2.04. The van der Waals surface area contributed by atoms with E-state index in [1.165, 1.54) is 12.0 Å². The van der Waals surface area contributed by atoms with Gasteiger partial charge < -0.3 is 4.74 Å². The van der Waals surface area contributed by atoms with Gasteiger partial charge in [-0.15, -0.1) is 0 Å². The standard InChI is InChI=1S/C18H15Cl2NO3/c1-24-16-7-6-14(10-15(16)20)21-17(22)8-12(9-18(21)23)11-2-4-13(19)5-3-11/h2-7,10,12H,8-9H2,1H3. The summed E-state index contributed by atoms with van der Waals surface area (Å²) in [6.45, 7) is 0. The van der Waals surface area contributed by atoms with Crippen LogP contribution in [0.2, 0.25) is 10.0 Å². The number of benzene rings is 2. The first-order valence-electron chi connectivity index (χ1n) is 7.44. The molecule has 0 saturated carbocycles. The summed E-state index contributed by atoms with van der Waals surface area (Å²) in [6, 6.07) is 12.1. The van der Waals surface area contributed by atoms with E-state index >= 15 is 0 Å². The zero-order valence-corrected chi connectivity index (χ0v) is 14.5. The minimum atomic E-state index is -0.243. The maximum atomic E-state index is 12.5. The monoisotopic (exact) mass is 363 g/mol. The lowest BCUT2D eigenvalue weighted by atomic mass is 9.88. The number of halogens is 2. The fraction of sp³-hybridized carbons (Fsp3) is 0.222. The molecule has 1 saturated heterocycles. The van der Waals surface area contributed by atoms with Crippen LogP contribution in [0.4, 0.5) is 5.69 Å². The van der Waals surface area contributed by atoms with Crippen molar-refractivity contribution in [2.75, 3.05) is 12.0 Å². The van der Waals surface area contributed by atoms with Gasteiger partial charge in [-0.05, 0) is 35.9 Å². The Bertz CT molecular complexity index is 771. The number of anilines is 1. The van der Waals surface area contributed by atoms with E-state index in [0.717, 1.165) is 5.56 Å². The summed E-state index contributed by atoms with van der Waals surface area (Å²) in [5, 5.41) is 0.983. The first-order valence-corrected chi connectivity index (χ1v) is 8.20. The number of nitrogens with zero attached hydrogens (tertiary/aromatic N) is 1. The predicted molar refractivity (Wildman–Crippen MR) is 93.9 cm³/mol. The van der Waals surface area contributed by atoms with Crippen LogP contribution in [0.15, 0.2) is 42.5 Å². The van der Waals surface area contributed by atoms with E-state index in [2.05, 4.69) is 0 Å². The summed E-state index contributed by atoms with van der Waals surface area (Å²) in [5.41, 5.74) is 1.40. The van der Waals surface area contributed by atoms with Gasteiger partial charge in [0.2, 0.25) is 11.8 Å². The maximum Gasteiger partial charge on any atom is 0.234 e. The van der Waals surface area contributed by atoms with Gasteiger partial charge >= 0.3 is 0 Å². The number of methoxy groups -OCH3 is 1. The second kappa shape index (κ2) is 6.83. The lowest BCUT2D eigenvalue weighted by molar-refractivity contribution is -0.129. The molecule has 1 heterocycles. The number of hydrogen-bond donors (Lipinski definition) is 0. The zero-order valence-electron chi connectivity index (χ0n) is 13.0. The molecule has 0 aromatic heterocycles. The van der Waals surface area contributed by atoms with Gasteiger partial charge in [-0.3, -0.25) is 14.5 Å². The molecule has 1 aliphatic rings. The van der Waals surface area contributed by atoms with Gasteiger partial charge in [0, 0.05) is 23.8 Å². The molecule has 24 heavy (non-hydrogen) atoms. The van der Waals surface area contributed by atoms with Gasteiger partial charge in [0.15, 0.2) is 0 Å². The Morgan fingerprint density at radius 1 is 1.00 bits per heavy atom. The number of amides is 2. The SMILES string of the molecule is COc1ccc(N2C(=O)CC(c3ccc(Cl)cc3)CC2=O)cc1Cl. The van der Waals surface area contributed by atoms with Gasteiger partial charge in [-0.1, -0.05) is 35.3 Å². The molecule has 0 radical (unpaired) electrons. The van der Waals surface area contributed by atoms with E-state index in [1.54, 1.807) is 30.3 Å². The molecular weight excluding hydrogens is 349 g/mol. The fourth-order valence-electron chi connectivity index (χ4n) is 2.87. The number of carbonyl (C=O) groups excluding carboxylic acids is 2. The summed E-state index contributed by atoms with van der Waals surface area (Å²) < 4.78 is 5.09. The summed E-state index contributed by atoms with van der Waals surface area (Å²) in [4.78, 5) is 26.2. The predicted octanol–water partition coefficient (Wildman–Crippen LogP) is 4.44. The number of imide groups is 1.